The minimum absolute atomic E-state index is 0.00900. The molecular formula is C21H31N3O4. The van der Waals surface area contributed by atoms with Crippen LogP contribution in [0.25, 0.3) is 0 Å². The molecule has 2 aliphatic rings. The number of nitrogens with one attached hydrogen (secondary N) is 1. The number of aryl methyl sites for hydroxylation is 1. The number of nitrogens with zero attached hydrogens (tertiary/aromatic N) is 2. The van der Waals surface area contributed by atoms with Gasteiger partial charge in [-0.2, -0.15) is 0 Å². The van der Waals surface area contributed by atoms with Crippen molar-refractivity contribution >= 4 is 11.9 Å². The van der Waals surface area contributed by atoms with Crippen LogP contribution in [0.1, 0.15) is 36.8 Å². The first kappa shape index (κ1) is 20.5. The number of benzene rings is 1. The third-order valence-corrected chi connectivity index (χ3v) is 5.98. The quantitative estimate of drug-likeness (QED) is 0.778. The molecule has 1 saturated carbocycles. The summed E-state index contributed by atoms with van der Waals surface area (Å²) in [5.41, 5.74) is 1.60. The molecule has 0 spiro atoms. The predicted molar refractivity (Wildman–Crippen MR) is 106 cm³/mol. The smallest absolute Gasteiger partial charge is 0.317 e. The van der Waals surface area contributed by atoms with Crippen LogP contribution in [0.15, 0.2) is 18.2 Å². The van der Waals surface area contributed by atoms with E-state index in [0.29, 0.717) is 39.1 Å². The summed E-state index contributed by atoms with van der Waals surface area (Å²) >= 11 is 0. The Labute approximate surface area is 166 Å². The van der Waals surface area contributed by atoms with Gasteiger partial charge in [-0.05, 0) is 56.7 Å². The van der Waals surface area contributed by atoms with E-state index in [0.717, 1.165) is 36.1 Å². The van der Waals surface area contributed by atoms with Crippen molar-refractivity contribution in [3.8, 4) is 5.75 Å². The van der Waals surface area contributed by atoms with E-state index in [1.165, 1.54) is 0 Å². The number of hydrogen-bond donors (Lipinski definition) is 2. The Morgan fingerprint density at radius 1 is 1.14 bits per heavy atom. The number of ether oxygens (including phenoxy) is 1. The van der Waals surface area contributed by atoms with Gasteiger partial charge in [0, 0.05) is 32.7 Å². The molecule has 7 heteroatoms. The number of amides is 3. The van der Waals surface area contributed by atoms with Crippen molar-refractivity contribution in [1.82, 2.24) is 15.1 Å². The van der Waals surface area contributed by atoms with Gasteiger partial charge in [0.25, 0.3) is 5.91 Å². The summed E-state index contributed by atoms with van der Waals surface area (Å²) < 4.78 is 5.70. The van der Waals surface area contributed by atoms with E-state index >= 15 is 0 Å². The predicted octanol–water partition coefficient (Wildman–Crippen LogP) is 1.84. The highest BCUT2D eigenvalue weighted by molar-refractivity contribution is 5.79. The highest BCUT2D eigenvalue weighted by atomic mass is 16.5. The summed E-state index contributed by atoms with van der Waals surface area (Å²) in [4.78, 5) is 28.1. The van der Waals surface area contributed by atoms with Crippen LogP contribution in [0, 0.1) is 13.8 Å². The second kappa shape index (κ2) is 8.82. The van der Waals surface area contributed by atoms with E-state index in [-0.39, 0.29) is 18.5 Å². The Balaban J connectivity index is 1.37. The molecule has 0 atom stereocenters. The van der Waals surface area contributed by atoms with E-state index in [9.17, 15) is 14.7 Å². The van der Waals surface area contributed by atoms with Gasteiger partial charge in [0.05, 0.1) is 5.60 Å². The molecule has 28 heavy (non-hydrogen) atoms. The summed E-state index contributed by atoms with van der Waals surface area (Å²) in [6.07, 6.45) is 3.32. The van der Waals surface area contributed by atoms with Crippen LogP contribution in [0.2, 0.25) is 0 Å². The van der Waals surface area contributed by atoms with Crippen molar-refractivity contribution in [3.05, 3.63) is 29.3 Å². The van der Waals surface area contributed by atoms with Crippen LogP contribution >= 0.6 is 0 Å². The topological polar surface area (TPSA) is 82.1 Å². The molecule has 1 aliphatic carbocycles. The monoisotopic (exact) mass is 389 g/mol. The first-order valence-corrected chi connectivity index (χ1v) is 10.1. The summed E-state index contributed by atoms with van der Waals surface area (Å²) in [7, 11) is 0. The van der Waals surface area contributed by atoms with E-state index in [2.05, 4.69) is 5.32 Å². The SMILES string of the molecule is Cc1cccc(OCC(=O)N2CCN(C(=O)NCCC3(O)CCC3)CC2)c1C. The average Bonchev–Trinajstić information content (AvgIpc) is 2.67. The lowest BCUT2D eigenvalue weighted by Gasteiger charge is -2.37. The van der Waals surface area contributed by atoms with Gasteiger partial charge in [-0.25, -0.2) is 4.79 Å². The molecule has 1 aromatic carbocycles. The van der Waals surface area contributed by atoms with Crippen LogP contribution in [0.3, 0.4) is 0 Å². The number of rotatable bonds is 6. The lowest BCUT2D eigenvalue weighted by molar-refractivity contribution is -0.134. The maximum atomic E-state index is 12.4. The van der Waals surface area contributed by atoms with Gasteiger partial charge in [-0.15, -0.1) is 0 Å². The van der Waals surface area contributed by atoms with Gasteiger partial charge in [0.1, 0.15) is 5.75 Å². The maximum Gasteiger partial charge on any atom is 0.317 e. The number of urea groups is 1. The molecule has 154 valence electrons. The highest BCUT2D eigenvalue weighted by Crippen LogP contribution is 2.34. The van der Waals surface area contributed by atoms with E-state index in [1.54, 1.807) is 9.80 Å². The van der Waals surface area contributed by atoms with Crippen LogP contribution in [0.4, 0.5) is 4.79 Å². The van der Waals surface area contributed by atoms with Gasteiger partial charge in [-0.1, -0.05) is 12.1 Å². The zero-order chi connectivity index (χ0) is 20.1. The molecule has 0 bridgehead atoms. The minimum Gasteiger partial charge on any atom is -0.483 e. The Morgan fingerprint density at radius 3 is 2.46 bits per heavy atom. The number of piperazine rings is 1. The Bertz CT molecular complexity index is 710. The van der Waals surface area contributed by atoms with Crippen LogP contribution in [0.5, 0.6) is 5.75 Å². The second-order valence-corrected chi connectivity index (χ2v) is 7.91. The van der Waals surface area contributed by atoms with Crippen molar-refractivity contribution in [1.29, 1.82) is 0 Å². The average molecular weight is 389 g/mol. The lowest BCUT2D eigenvalue weighted by atomic mass is 9.78. The third kappa shape index (κ3) is 4.95. The highest BCUT2D eigenvalue weighted by Gasteiger charge is 2.34. The van der Waals surface area contributed by atoms with E-state index in [4.69, 9.17) is 4.74 Å². The molecule has 1 heterocycles. The zero-order valence-corrected chi connectivity index (χ0v) is 16.9. The fourth-order valence-electron chi connectivity index (χ4n) is 3.62. The number of carbonyl (C=O) groups is 2. The van der Waals surface area contributed by atoms with Crippen LogP contribution in [-0.2, 0) is 4.79 Å². The van der Waals surface area contributed by atoms with Crippen molar-refractivity contribution in [2.45, 2.75) is 45.1 Å². The molecular weight excluding hydrogens is 358 g/mol. The third-order valence-electron chi connectivity index (χ3n) is 5.98. The molecule has 3 amide bonds. The summed E-state index contributed by atoms with van der Waals surface area (Å²) in [6.45, 7) is 6.51. The number of aliphatic hydroxyl groups is 1. The lowest BCUT2D eigenvalue weighted by Crippen LogP contribution is -2.54. The van der Waals surface area contributed by atoms with Gasteiger partial charge in [0.2, 0.25) is 0 Å². The fraction of sp³-hybridized carbons (Fsp3) is 0.619. The van der Waals surface area contributed by atoms with Crippen molar-refractivity contribution in [3.63, 3.8) is 0 Å². The van der Waals surface area contributed by atoms with Crippen LogP contribution in [-0.4, -0.2) is 71.8 Å². The molecule has 0 radical (unpaired) electrons. The van der Waals surface area contributed by atoms with Gasteiger partial charge >= 0.3 is 6.03 Å². The first-order valence-electron chi connectivity index (χ1n) is 10.1. The van der Waals surface area contributed by atoms with Crippen molar-refractivity contribution < 1.29 is 19.4 Å². The summed E-state index contributed by atoms with van der Waals surface area (Å²) in [5.74, 6) is 0.674. The zero-order valence-electron chi connectivity index (χ0n) is 16.9. The van der Waals surface area contributed by atoms with Crippen molar-refractivity contribution in [2.75, 3.05) is 39.3 Å². The molecule has 1 aromatic rings. The summed E-state index contributed by atoms with van der Waals surface area (Å²) in [6, 6.07) is 5.68. The Hall–Kier alpha value is -2.28. The molecule has 2 N–H and O–H groups in total. The molecule has 3 rings (SSSR count). The molecule has 2 fully saturated rings. The van der Waals surface area contributed by atoms with Gasteiger partial charge < -0.3 is 25.0 Å². The standard InChI is InChI=1S/C21H31N3O4/c1-16-5-3-6-18(17(16)2)28-15-19(25)23-11-13-24(14-12-23)20(26)22-10-9-21(27)7-4-8-21/h3,5-6,27H,4,7-15H2,1-2H3,(H,22,26). The second-order valence-electron chi connectivity index (χ2n) is 7.91. The Morgan fingerprint density at radius 2 is 1.82 bits per heavy atom. The number of carbonyl (C=O) groups excluding carboxylic acids is 2. The summed E-state index contributed by atoms with van der Waals surface area (Å²) in [5, 5.41) is 13.0. The van der Waals surface area contributed by atoms with Crippen LogP contribution < -0.4 is 10.1 Å². The fourth-order valence-corrected chi connectivity index (χ4v) is 3.62. The number of hydrogen-bond acceptors (Lipinski definition) is 4. The normalized spacial score (nSPS) is 18.4. The van der Waals surface area contributed by atoms with E-state index in [1.807, 2.05) is 32.0 Å². The maximum absolute atomic E-state index is 12.4. The molecule has 0 aromatic heterocycles. The van der Waals surface area contributed by atoms with Crippen molar-refractivity contribution in [2.24, 2.45) is 0 Å². The minimum atomic E-state index is -0.575. The van der Waals surface area contributed by atoms with E-state index < -0.39 is 5.60 Å². The van der Waals surface area contributed by atoms with Gasteiger partial charge in [-0.3, -0.25) is 4.79 Å². The molecule has 1 saturated heterocycles. The molecule has 0 unspecified atom stereocenters. The molecule has 7 nitrogen and oxygen atoms in total. The largest absolute Gasteiger partial charge is 0.483 e. The molecule has 1 aliphatic heterocycles. The first-order chi connectivity index (χ1) is 13.4. The Kier molecular flexibility index (Phi) is 6.44. The van der Waals surface area contributed by atoms with Gasteiger partial charge in [0.15, 0.2) is 6.61 Å².